The van der Waals surface area contributed by atoms with Gasteiger partial charge in [-0.3, -0.25) is 14.4 Å². The summed E-state index contributed by atoms with van der Waals surface area (Å²) < 4.78 is 0. The van der Waals surface area contributed by atoms with Crippen LogP contribution in [0.1, 0.15) is 38.7 Å². The summed E-state index contributed by atoms with van der Waals surface area (Å²) in [6.07, 6.45) is 4.43. The maximum atomic E-state index is 12.7. The van der Waals surface area contributed by atoms with Crippen molar-refractivity contribution < 1.29 is 14.4 Å². The Morgan fingerprint density at radius 2 is 2.00 bits per heavy atom. The van der Waals surface area contributed by atoms with Crippen LogP contribution >= 0.6 is 0 Å². The summed E-state index contributed by atoms with van der Waals surface area (Å²) in [6, 6.07) is 9.91. The summed E-state index contributed by atoms with van der Waals surface area (Å²) in [5.74, 6) is -0.974. The molecule has 1 unspecified atom stereocenters. The van der Waals surface area contributed by atoms with Gasteiger partial charge in [0.1, 0.15) is 12.1 Å². The zero-order valence-electron chi connectivity index (χ0n) is 16.9. The molecule has 1 fully saturated rings. The molecule has 0 aliphatic carbocycles. The number of hydrogen-bond donors (Lipinski definition) is 3. The Morgan fingerprint density at radius 3 is 2.59 bits per heavy atom. The van der Waals surface area contributed by atoms with Crippen LogP contribution in [0.2, 0.25) is 0 Å². The van der Waals surface area contributed by atoms with E-state index >= 15 is 0 Å². The van der Waals surface area contributed by atoms with Crippen molar-refractivity contribution in [2.75, 3.05) is 6.54 Å². The highest BCUT2D eigenvalue weighted by molar-refractivity contribution is 5.95. The standard InChI is InChI=1S/C22H28N4O3/c1-15(2)12-19(26-20(27)9-8-16-6-4-3-5-7-16)22(29)25-18(14-23)13-17-10-11-24-21(17)28/h3-9,15,17-19H,10-13H2,1-2H3,(H,24,28)(H,25,29)(H,26,27)/b9-8+/t17-,18-,19?/m0/s1. The van der Waals surface area contributed by atoms with E-state index in [1.165, 1.54) is 6.08 Å². The average molecular weight is 396 g/mol. The first-order chi connectivity index (χ1) is 13.9. The number of nitrogens with zero attached hydrogens (tertiary/aromatic N) is 1. The van der Waals surface area contributed by atoms with Gasteiger partial charge in [0.05, 0.1) is 6.07 Å². The van der Waals surface area contributed by atoms with Crippen LogP contribution in [0, 0.1) is 23.2 Å². The Bertz CT molecular complexity index is 783. The van der Waals surface area contributed by atoms with Crippen LogP contribution in [0.5, 0.6) is 0 Å². The molecule has 1 aromatic carbocycles. The van der Waals surface area contributed by atoms with Crippen LogP contribution in [0.25, 0.3) is 6.08 Å². The fraction of sp³-hybridized carbons (Fsp3) is 0.455. The minimum atomic E-state index is -0.775. The topological polar surface area (TPSA) is 111 Å². The zero-order chi connectivity index (χ0) is 21.2. The molecule has 1 aliphatic heterocycles. The lowest BCUT2D eigenvalue weighted by atomic mass is 9.98. The van der Waals surface area contributed by atoms with E-state index in [4.69, 9.17) is 0 Å². The van der Waals surface area contributed by atoms with Crippen LogP contribution in [-0.2, 0) is 14.4 Å². The molecular formula is C22H28N4O3. The molecule has 0 bridgehead atoms. The Balaban J connectivity index is 1.97. The smallest absolute Gasteiger partial charge is 0.244 e. The van der Waals surface area contributed by atoms with Gasteiger partial charge >= 0.3 is 0 Å². The summed E-state index contributed by atoms with van der Waals surface area (Å²) >= 11 is 0. The van der Waals surface area contributed by atoms with Crippen LogP contribution < -0.4 is 16.0 Å². The highest BCUT2D eigenvalue weighted by Crippen LogP contribution is 2.16. The van der Waals surface area contributed by atoms with Crippen LogP contribution in [0.3, 0.4) is 0 Å². The van der Waals surface area contributed by atoms with Crippen LogP contribution in [0.15, 0.2) is 36.4 Å². The third-order valence-corrected chi connectivity index (χ3v) is 4.72. The van der Waals surface area contributed by atoms with Crippen molar-refractivity contribution >= 4 is 23.8 Å². The van der Waals surface area contributed by atoms with Gasteiger partial charge in [-0.1, -0.05) is 44.2 Å². The molecule has 1 aliphatic rings. The van der Waals surface area contributed by atoms with E-state index in [9.17, 15) is 19.6 Å². The quantitative estimate of drug-likeness (QED) is 0.552. The van der Waals surface area contributed by atoms with Crippen molar-refractivity contribution in [1.29, 1.82) is 5.26 Å². The molecule has 154 valence electrons. The second-order valence-corrected chi connectivity index (χ2v) is 7.64. The van der Waals surface area contributed by atoms with Crippen molar-refractivity contribution in [3.05, 3.63) is 42.0 Å². The molecule has 3 atom stereocenters. The molecule has 7 nitrogen and oxygen atoms in total. The summed E-state index contributed by atoms with van der Waals surface area (Å²) in [6.45, 7) is 4.50. The maximum absolute atomic E-state index is 12.7. The van der Waals surface area contributed by atoms with Gasteiger partial charge < -0.3 is 16.0 Å². The number of rotatable bonds is 9. The summed E-state index contributed by atoms with van der Waals surface area (Å²) in [7, 11) is 0. The van der Waals surface area contributed by atoms with Crippen molar-refractivity contribution in [3.63, 3.8) is 0 Å². The second kappa shape index (κ2) is 11.0. The number of hydrogen-bond acceptors (Lipinski definition) is 4. The van der Waals surface area contributed by atoms with Gasteiger partial charge in [-0.05, 0) is 36.8 Å². The van der Waals surface area contributed by atoms with E-state index < -0.39 is 18.0 Å². The lowest BCUT2D eigenvalue weighted by Gasteiger charge is -2.22. The zero-order valence-corrected chi connectivity index (χ0v) is 16.9. The van der Waals surface area contributed by atoms with Crippen molar-refractivity contribution in [2.24, 2.45) is 11.8 Å². The van der Waals surface area contributed by atoms with Gasteiger partial charge in [0.15, 0.2) is 0 Å². The number of benzene rings is 1. The molecule has 1 heterocycles. The third-order valence-electron chi connectivity index (χ3n) is 4.72. The summed E-state index contributed by atoms with van der Waals surface area (Å²) in [5.41, 5.74) is 0.881. The number of carbonyl (C=O) groups excluding carboxylic acids is 3. The van der Waals surface area contributed by atoms with Gasteiger partial charge in [0, 0.05) is 18.5 Å². The van der Waals surface area contributed by atoms with E-state index in [1.807, 2.05) is 50.2 Å². The Kier molecular flexibility index (Phi) is 8.41. The lowest BCUT2D eigenvalue weighted by molar-refractivity contribution is -0.128. The minimum Gasteiger partial charge on any atom is -0.356 e. The van der Waals surface area contributed by atoms with Crippen molar-refractivity contribution in [1.82, 2.24) is 16.0 Å². The SMILES string of the molecule is CC(C)CC(NC(=O)/C=C/c1ccccc1)C(=O)N[C@H](C#N)C[C@@H]1CCNC1=O. The number of nitrogens with one attached hydrogen (secondary N) is 3. The predicted molar refractivity (Wildman–Crippen MR) is 110 cm³/mol. The van der Waals surface area contributed by atoms with E-state index in [0.29, 0.717) is 19.4 Å². The Hall–Kier alpha value is -3.14. The highest BCUT2D eigenvalue weighted by atomic mass is 16.2. The first-order valence-electron chi connectivity index (χ1n) is 9.90. The first-order valence-corrected chi connectivity index (χ1v) is 9.90. The molecule has 3 N–H and O–H groups in total. The normalized spacial score (nSPS) is 18.1. The molecule has 0 saturated carbocycles. The largest absolute Gasteiger partial charge is 0.356 e. The molecule has 1 aromatic rings. The van der Waals surface area contributed by atoms with Crippen LogP contribution in [0.4, 0.5) is 0 Å². The third kappa shape index (κ3) is 7.41. The fourth-order valence-electron chi connectivity index (χ4n) is 3.23. The number of amides is 3. The second-order valence-electron chi connectivity index (χ2n) is 7.64. The molecule has 2 rings (SSSR count). The minimum absolute atomic E-state index is 0.0856. The average Bonchev–Trinajstić information content (AvgIpc) is 3.10. The van der Waals surface area contributed by atoms with Gasteiger partial charge in [0.2, 0.25) is 17.7 Å². The molecule has 0 spiro atoms. The predicted octanol–water partition coefficient (Wildman–Crippen LogP) is 1.77. The van der Waals surface area contributed by atoms with E-state index in [-0.39, 0.29) is 30.1 Å². The summed E-state index contributed by atoms with van der Waals surface area (Å²) in [5, 5.41) is 17.5. The fourth-order valence-corrected chi connectivity index (χ4v) is 3.23. The maximum Gasteiger partial charge on any atom is 0.244 e. The lowest BCUT2D eigenvalue weighted by Crippen LogP contribution is -2.50. The molecule has 29 heavy (non-hydrogen) atoms. The van der Waals surface area contributed by atoms with E-state index in [0.717, 1.165) is 5.56 Å². The molecule has 0 radical (unpaired) electrons. The van der Waals surface area contributed by atoms with E-state index in [2.05, 4.69) is 16.0 Å². The number of carbonyl (C=O) groups is 3. The van der Waals surface area contributed by atoms with Crippen molar-refractivity contribution in [3.8, 4) is 6.07 Å². The van der Waals surface area contributed by atoms with Gasteiger partial charge in [-0.15, -0.1) is 0 Å². The molecule has 0 aromatic heterocycles. The number of nitriles is 1. The Morgan fingerprint density at radius 1 is 1.28 bits per heavy atom. The van der Waals surface area contributed by atoms with Crippen molar-refractivity contribution in [2.45, 2.75) is 45.2 Å². The molecule has 7 heteroatoms. The van der Waals surface area contributed by atoms with Gasteiger partial charge in [-0.2, -0.15) is 5.26 Å². The molecule has 1 saturated heterocycles. The van der Waals surface area contributed by atoms with E-state index in [1.54, 1.807) is 6.08 Å². The van der Waals surface area contributed by atoms with Gasteiger partial charge in [0.25, 0.3) is 0 Å². The van der Waals surface area contributed by atoms with Crippen LogP contribution in [-0.4, -0.2) is 36.3 Å². The Labute approximate surface area is 171 Å². The monoisotopic (exact) mass is 396 g/mol. The summed E-state index contributed by atoms with van der Waals surface area (Å²) in [4.78, 5) is 36.7. The molecular weight excluding hydrogens is 368 g/mol. The highest BCUT2D eigenvalue weighted by Gasteiger charge is 2.29. The molecule has 3 amide bonds. The van der Waals surface area contributed by atoms with Gasteiger partial charge in [-0.25, -0.2) is 0 Å². The first kappa shape index (κ1) is 22.2.